The number of nitrogens with one attached hydrogen (secondary N) is 2. The Morgan fingerprint density at radius 1 is 1.04 bits per heavy atom. The summed E-state index contributed by atoms with van der Waals surface area (Å²) < 4.78 is 2.05. The molecule has 28 heavy (non-hydrogen) atoms. The summed E-state index contributed by atoms with van der Waals surface area (Å²) in [5.41, 5.74) is 2.30. The number of nitrogens with zero attached hydrogens (tertiary/aromatic N) is 6. The molecule has 0 aliphatic carbocycles. The van der Waals surface area contributed by atoms with Crippen molar-refractivity contribution < 1.29 is 0 Å². The molecular weight excluding hydrogens is 352 g/mol. The molecule has 0 atom stereocenters. The first-order valence-electron chi connectivity index (χ1n) is 9.29. The zero-order valence-corrected chi connectivity index (χ0v) is 15.7. The molecule has 0 unspecified atom stereocenters. The summed E-state index contributed by atoms with van der Waals surface area (Å²) in [6, 6.07) is 8.38. The predicted molar refractivity (Wildman–Crippen MR) is 108 cm³/mol. The molecule has 3 aromatic rings. The van der Waals surface area contributed by atoms with Gasteiger partial charge in [-0.2, -0.15) is 5.26 Å². The number of likely N-dealkylation sites (tertiary alicyclic amines) is 1. The number of aromatic nitrogens is 4. The second-order valence-electron chi connectivity index (χ2n) is 6.92. The van der Waals surface area contributed by atoms with Crippen molar-refractivity contribution in [1.82, 2.24) is 24.4 Å². The number of nitriles is 1. The van der Waals surface area contributed by atoms with Crippen LogP contribution in [0.25, 0.3) is 5.69 Å². The number of anilines is 3. The molecule has 1 fully saturated rings. The molecule has 0 aromatic carbocycles. The van der Waals surface area contributed by atoms with Crippen molar-refractivity contribution in [3.8, 4) is 11.8 Å². The smallest absolute Gasteiger partial charge is 0.158 e. The van der Waals surface area contributed by atoms with Crippen LogP contribution in [0.1, 0.15) is 18.5 Å². The van der Waals surface area contributed by atoms with Gasteiger partial charge in [0.25, 0.3) is 0 Å². The third kappa shape index (κ3) is 4.10. The van der Waals surface area contributed by atoms with Crippen molar-refractivity contribution >= 4 is 17.3 Å². The molecule has 1 saturated heterocycles. The Hall–Kier alpha value is -3.44. The minimum atomic E-state index is 0.283. The molecule has 8 nitrogen and oxygen atoms in total. The van der Waals surface area contributed by atoms with Gasteiger partial charge in [-0.15, -0.1) is 0 Å². The summed E-state index contributed by atoms with van der Waals surface area (Å²) in [6.07, 6.45) is 11.0. The van der Waals surface area contributed by atoms with Gasteiger partial charge < -0.3 is 20.1 Å². The van der Waals surface area contributed by atoms with Crippen LogP contribution in [0.5, 0.6) is 0 Å². The lowest BCUT2D eigenvalue weighted by Crippen LogP contribution is -2.36. The van der Waals surface area contributed by atoms with Gasteiger partial charge in [0.1, 0.15) is 17.7 Å². The van der Waals surface area contributed by atoms with Gasteiger partial charge in [0, 0.05) is 24.5 Å². The maximum absolute atomic E-state index is 8.85. The Bertz CT molecular complexity index is 951. The number of piperidine rings is 1. The lowest BCUT2D eigenvalue weighted by Gasteiger charge is -2.30. The Balaban J connectivity index is 1.59. The lowest BCUT2D eigenvalue weighted by molar-refractivity contribution is 0.264. The van der Waals surface area contributed by atoms with Gasteiger partial charge in [0.2, 0.25) is 0 Å². The SMILES string of the molecule is CN1CCC(Nc2cc(Nc3cnc(C#N)cn3)ncc2-n2cccc2)CC1. The summed E-state index contributed by atoms with van der Waals surface area (Å²) in [7, 11) is 2.16. The molecule has 2 N–H and O–H groups in total. The third-order valence-electron chi connectivity index (χ3n) is 4.87. The topological polar surface area (TPSA) is 94.7 Å². The van der Waals surface area contributed by atoms with Crippen LogP contribution in [0.15, 0.2) is 49.2 Å². The molecule has 0 saturated carbocycles. The highest BCUT2D eigenvalue weighted by molar-refractivity contribution is 5.67. The summed E-state index contributed by atoms with van der Waals surface area (Å²) in [6.45, 7) is 2.18. The van der Waals surface area contributed by atoms with E-state index in [9.17, 15) is 0 Å². The summed E-state index contributed by atoms with van der Waals surface area (Å²) in [4.78, 5) is 15.1. The van der Waals surface area contributed by atoms with E-state index in [1.165, 1.54) is 12.4 Å². The maximum atomic E-state index is 8.85. The van der Waals surface area contributed by atoms with Crippen LogP contribution in [0.2, 0.25) is 0 Å². The highest BCUT2D eigenvalue weighted by Gasteiger charge is 2.18. The van der Waals surface area contributed by atoms with Crippen molar-refractivity contribution in [3.63, 3.8) is 0 Å². The minimum Gasteiger partial charge on any atom is -0.380 e. The molecular formula is C20H22N8. The van der Waals surface area contributed by atoms with E-state index in [-0.39, 0.29) is 5.69 Å². The lowest BCUT2D eigenvalue weighted by atomic mass is 10.1. The van der Waals surface area contributed by atoms with Crippen molar-refractivity contribution in [3.05, 3.63) is 54.9 Å². The Morgan fingerprint density at radius 2 is 1.79 bits per heavy atom. The van der Waals surface area contributed by atoms with Gasteiger partial charge in [0.15, 0.2) is 5.69 Å². The van der Waals surface area contributed by atoms with Gasteiger partial charge in [-0.05, 0) is 45.1 Å². The van der Waals surface area contributed by atoms with Gasteiger partial charge in [-0.25, -0.2) is 15.0 Å². The van der Waals surface area contributed by atoms with E-state index in [0.29, 0.717) is 17.7 Å². The molecule has 0 bridgehead atoms. The van der Waals surface area contributed by atoms with Gasteiger partial charge >= 0.3 is 0 Å². The Labute approximate surface area is 163 Å². The Morgan fingerprint density at radius 3 is 2.46 bits per heavy atom. The monoisotopic (exact) mass is 374 g/mol. The van der Waals surface area contributed by atoms with Crippen molar-refractivity contribution in [2.24, 2.45) is 0 Å². The summed E-state index contributed by atoms with van der Waals surface area (Å²) >= 11 is 0. The average Bonchev–Trinajstić information content (AvgIpc) is 3.25. The van der Waals surface area contributed by atoms with E-state index in [0.717, 1.165) is 37.3 Å². The minimum absolute atomic E-state index is 0.283. The van der Waals surface area contributed by atoms with E-state index in [1.54, 1.807) is 0 Å². The number of pyridine rings is 1. The number of hydrogen-bond donors (Lipinski definition) is 2. The maximum Gasteiger partial charge on any atom is 0.158 e. The fourth-order valence-electron chi connectivity index (χ4n) is 3.29. The normalized spacial score (nSPS) is 15.1. The van der Waals surface area contributed by atoms with Crippen LogP contribution in [0.4, 0.5) is 17.3 Å². The van der Waals surface area contributed by atoms with Crippen molar-refractivity contribution in [2.45, 2.75) is 18.9 Å². The van der Waals surface area contributed by atoms with Crippen LogP contribution in [0, 0.1) is 11.3 Å². The van der Waals surface area contributed by atoms with E-state index in [2.05, 4.69) is 42.1 Å². The fraction of sp³-hybridized carbons (Fsp3) is 0.300. The molecule has 8 heteroatoms. The quantitative estimate of drug-likeness (QED) is 0.709. The number of rotatable bonds is 5. The molecule has 0 spiro atoms. The molecule has 1 aliphatic rings. The van der Waals surface area contributed by atoms with Gasteiger partial charge in [-0.3, -0.25) is 0 Å². The van der Waals surface area contributed by atoms with E-state index in [4.69, 9.17) is 5.26 Å². The second-order valence-corrected chi connectivity index (χ2v) is 6.92. The first-order valence-corrected chi connectivity index (χ1v) is 9.29. The molecule has 1 aliphatic heterocycles. The van der Waals surface area contributed by atoms with Crippen LogP contribution < -0.4 is 10.6 Å². The standard InChI is InChI=1S/C20H22N8/c1-27-8-4-15(5-9-27)25-17-10-19(24-13-18(17)28-6-2-3-7-28)26-20-14-22-16(11-21)12-23-20/h2-3,6-7,10,12-15H,4-5,8-9H2,1H3,(H2,23,24,25,26). The zero-order chi connectivity index (χ0) is 19.3. The molecule has 0 amide bonds. The van der Waals surface area contributed by atoms with Gasteiger partial charge in [-0.1, -0.05) is 0 Å². The largest absolute Gasteiger partial charge is 0.380 e. The van der Waals surface area contributed by atoms with E-state index >= 15 is 0 Å². The van der Waals surface area contributed by atoms with Gasteiger partial charge in [0.05, 0.1) is 30.0 Å². The van der Waals surface area contributed by atoms with Crippen molar-refractivity contribution in [1.29, 1.82) is 5.26 Å². The first kappa shape index (κ1) is 17.9. The summed E-state index contributed by atoms with van der Waals surface area (Å²) in [5.74, 6) is 1.22. The zero-order valence-electron chi connectivity index (χ0n) is 15.7. The average molecular weight is 374 g/mol. The predicted octanol–water partition coefficient (Wildman–Crippen LogP) is 2.78. The van der Waals surface area contributed by atoms with Crippen molar-refractivity contribution in [2.75, 3.05) is 30.8 Å². The van der Waals surface area contributed by atoms with E-state index < -0.39 is 0 Å². The highest BCUT2D eigenvalue weighted by Crippen LogP contribution is 2.26. The van der Waals surface area contributed by atoms with E-state index in [1.807, 2.05) is 42.9 Å². The molecule has 4 rings (SSSR count). The molecule has 4 heterocycles. The molecule has 0 radical (unpaired) electrons. The molecule has 3 aromatic heterocycles. The van der Waals surface area contributed by atoms with Crippen LogP contribution in [0.3, 0.4) is 0 Å². The molecule has 142 valence electrons. The third-order valence-corrected chi connectivity index (χ3v) is 4.87. The van der Waals surface area contributed by atoms with Crippen LogP contribution in [-0.4, -0.2) is 50.6 Å². The number of hydrogen-bond acceptors (Lipinski definition) is 7. The summed E-state index contributed by atoms with van der Waals surface area (Å²) in [5, 5.41) is 15.7. The van der Waals surface area contributed by atoms with Crippen LogP contribution in [-0.2, 0) is 0 Å². The fourth-order valence-corrected chi connectivity index (χ4v) is 3.29. The van der Waals surface area contributed by atoms with Crippen LogP contribution >= 0.6 is 0 Å². The highest BCUT2D eigenvalue weighted by atomic mass is 15.1. The second kappa shape index (κ2) is 8.06. The Kier molecular flexibility index (Phi) is 5.17. The first-order chi connectivity index (χ1) is 13.7.